The molecule has 1 rings (SSSR count). The van der Waals surface area contributed by atoms with Crippen molar-refractivity contribution in [2.24, 2.45) is 5.92 Å². The van der Waals surface area contributed by atoms with Crippen molar-refractivity contribution in [2.75, 3.05) is 13.7 Å². The molecule has 5 nitrogen and oxygen atoms in total. The Bertz CT molecular complexity index is 309. The van der Waals surface area contributed by atoms with Gasteiger partial charge in [-0.3, -0.25) is 4.79 Å². The van der Waals surface area contributed by atoms with Crippen LogP contribution >= 0.6 is 0 Å². The van der Waals surface area contributed by atoms with E-state index in [1.54, 1.807) is 12.5 Å². The van der Waals surface area contributed by atoms with Crippen molar-refractivity contribution < 1.29 is 9.53 Å². The number of methoxy groups -OCH3 is 1. The van der Waals surface area contributed by atoms with Crippen molar-refractivity contribution in [3.63, 3.8) is 0 Å². The number of ether oxygens (including phenoxy) is 1. The van der Waals surface area contributed by atoms with Crippen LogP contribution in [0.1, 0.15) is 13.8 Å². The number of nitrogens with one attached hydrogen (secondary N) is 1. The number of hydrogen-bond acceptors (Lipinski definition) is 4. The van der Waals surface area contributed by atoms with Crippen molar-refractivity contribution in [3.8, 4) is 0 Å². The second-order valence-electron chi connectivity index (χ2n) is 4.00. The summed E-state index contributed by atoms with van der Waals surface area (Å²) in [5, 5.41) is 3.18. The van der Waals surface area contributed by atoms with Gasteiger partial charge in [0, 0.05) is 25.5 Å². The average molecular weight is 225 g/mol. The molecule has 0 saturated carbocycles. The zero-order chi connectivity index (χ0) is 12.0. The molecule has 0 aliphatic heterocycles. The van der Waals surface area contributed by atoms with E-state index in [1.807, 2.05) is 24.6 Å². The molecule has 0 spiro atoms. The average Bonchev–Trinajstić information content (AvgIpc) is 2.75. The lowest BCUT2D eigenvalue weighted by atomic mass is 10.1. The van der Waals surface area contributed by atoms with E-state index in [2.05, 4.69) is 10.3 Å². The van der Waals surface area contributed by atoms with Gasteiger partial charge in [-0.15, -0.1) is 0 Å². The SMILES string of the molecule is COC(=O)C(NCCn1ccnc1)C(C)C. The highest BCUT2D eigenvalue weighted by Crippen LogP contribution is 2.03. The number of nitrogens with zero attached hydrogens (tertiary/aromatic N) is 2. The molecule has 90 valence electrons. The summed E-state index contributed by atoms with van der Waals surface area (Å²) in [5.41, 5.74) is 0. The molecule has 0 radical (unpaired) electrons. The van der Waals surface area contributed by atoms with Crippen LogP contribution in [-0.2, 0) is 16.1 Å². The van der Waals surface area contributed by atoms with E-state index < -0.39 is 0 Å². The second-order valence-corrected chi connectivity index (χ2v) is 4.00. The van der Waals surface area contributed by atoms with E-state index in [4.69, 9.17) is 4.74 Å². The predicted octanol–water partition coefficient (Wildman–Crippen LogP) is 0.670. The topological polar surface area (TPSA) is 56.1 Å². The van der Waals surface area contributed by atoms with Gasteiger partial charge >= 0.3 is 5.97 Å². The molecule has 16 heavy (non-hydrogen) atoms. The summed E-state index contributed by atoms with van der Waals surface area (Å²) in [6.45, 7) is 5.49. The van der Waals surface area contributed by atoms with E-state index in [1.165, 1.54) is 7.11 Å². The Morgan fingerprint density at radius 1 is 1.56 bits per heavy atom. The van der Waals surface area contributed by atoms with Crippen LogP contribution in [0.2, 0.25) is 0 Å². The van der Waals surface area contributed by atoms with Crippen LogP contribution in [0.3, 0.4) is 0 Å². The van der Waals surface area contributed by atoms with Crippen LogP contribution in [0.25, 0.3) is 0 Å². The third kappa shape index (κ3) is 3.66. The summed E-state index contributed by atoms with van der Waals surface area (Å²) in [5.74, 6) is 0.0101. The van der Waals surface area contributed by atoms with Gasteiger partial charge in [0.05, 0.1) is 13.4 Å². The molecule has 0 fully saturated rings. The number of esters is 1. The Morgan fingerprint density at radius 2 is 2.31 bits per heavy atom. The number of carbonyl (C=O) groups excluding carboxylic acids is 1. The molecule has 0 aromatic carbocycles. The van der Waals surface area contributed by atoms with Crippen LogP contribution in [0, 0.1) is 5.92 Å². The smallest absolute Gasteiger partial charge is 0.323 e. The minimum atomic E-state index is -0.242. The molecular weight excluding hydrogens is 206 g/mol. The molecule has 1 heterocycles. The summed E-state index contributed by atoms with van der Waals surface area (Å²) in [6, 6.07) is -0.242. The minimum absolute atomic E-state index is 0.208. The summed E-state index contributed by atoms with van der Waals surface area (Å²) >= 11 is 0. The van der Waals surface area contributed by atoms with Crippen LogP contribution in [-0.4, -0.2) is 35.2 Å². The summed E-state index contributed by atoms with van der Waals surface area (Å²) in [7, 11) is 1.41. The molecule has 1 aromatic rings. The third-order valence-electron chi connectivity index (χ3n) is 2.42. The lowest BCUT2D eigenvalue weighted by molar-refractivity contribution is -0.144. The Kier molecular flexibility index (Phi) is 4.98. The maximum atomic E-state index is 11.4. The first kappa shape index (κ1) is 12.7. The Balaban J connectivity index is 2.36. The Labute approximate surface area is 95.8 Å². The number of aromatic nitrogens is 2. The molecule has 5 heteroatoms. The normalized spacial score (nSPS) is 12.8. The van der Waals surface area contributed by atoms with E-state index in [0.717, 1.165) is 6.54 Å². The van der Waals surface area contributed by atoms with Gasteiger partial charge in [0.2, 0.25) is 0 Å². The van der Waals surface area contributed by atoms with Gasteiger partial charge in [0.25, 0.3) is 0 Å². The number of hydrogen-bond donors (Lipinski definition) is 1. The van der Waals surface area contributed by atoms with Crippen molar-refractivity contribution >= 4 is 5.97 Å². The predicted molar refractivity (Wildman–Crippen MR) is 60.9 cm³/mol. The quantitative estimate of drug-likeness (QED) is 0.723. The van der Waals surface area contributed by atoms with Gasteiger partial charge in [-0.05, 0) is 5.92 Å². The van der Waals surface area contributed by atoms with Crippen molar-refractivity contribution in [2.45, 2.75) is 26.4 Å². The molecule has 0 aliphatic carbocycles. The molecule has 1 N–H and O–H groups in total. The summed E-state index contributed by atoms with van der Waals surface area (Å²) in [6.07, 6.45) is 5.38. The van der Waals surface area contributed by atoms with Gasteiger partial charge in [-0.2, -0.15) is 0 Å². The van der Waals surface area contributed by atoms with Crippen LogP contribution < -0.4 is 5.32 Å². The van der Waals surface area contributed by atoms with Crippen LogP contribution in [0.4, 0.5) is 0 Å². The van der Waals surface area contributed by atoms with Gasteiger partial charge in [0.15, 0.2) is 0 Å². The number of rotatable bonds is 6. The zero-order valence-electron chi connectivity index (χ0n) is 10.0. The second kappa shape index (κ2) is 6.27. The van der Waals surface area contributed by atoms with Crippen LogP contribution in [0.5, 0.6) is 0 Å². The zero-order valence-corrected chi connectivity index (χ0v) is 10.0. The standard InChI is InChI=1S/C11H19N3O2/c1-9(2)10(11(15)16-3)13-5-7-14-6-4-12-8-14/h4,6,8-10,13H,5,7H2,1-3H3. The lowest BCUT2D eigenvalue weighted by Gasteiger charge is -2.19. The first-order chi connectivity index (χ1) is 7.65. The van der Waals surface area contributed by atoms with E-state index in [-0.39, 0.29) is 17.9 Å². The molecule has 0 amide bonds. The molecule has 1 unspecified atom stereocenters. The van der Waals surface area contributed by atoms with Gasteiger partial charge < -0.3 is 14.6 Å². The maximum Gasteiger partial charge on any atom is 0.323 e. The highest BCUT2D eigenvalue weighted by Gasteiger charge is 2.21. The Hall–Kier alpha value is -1.36. The molecule has 0 bridgehead atoms. The van der Waals surface area contributed by atoms with Gasteiger partial charge in [-0.1, -0.05) is 13.8 Å². The molecule has 0 saturated heterocycles. The molecular formula is C11H19N3O2. The van der Waals surface area contributed by atoms with Crippen molar-refractivity contribution in [1.29, 1.82) is 0 Å². The monoisotopic (exact) mass is 225 g/mol. The van der Waals surface area contributed by atoms with Crippen molar-refractivity contribution in [3.05, 3.63) is 18.7 Å². The molecule has 1 aromatic heterocycles. The van der Waals surface area contributed by atoms with E-state index in [0.29, 0.717) is 6.54 Å². The van der Waals surface area contributed by atoms with Gasteiger partial charge in [-0.25, -0.2) is 4.98 Å². The highest BCUT2D eigenvalue weighted by atomic mass is 16.5. The largest absolute Gasteiger partial charge is 0.468 e. The molecule has 1 atom stereocenters. The summed E-state index contributed by atoms with van der Waals surface area (Å²) < 4.78 is 6.70. The summed E-state index contributed by atoms with van der Waals surface area (Å²) in [4.78, 5) is 15.4. The minimum Gasteiger partial charge on any atom is -0.468 e. The fourth-order valence-electron chi connectivity index (χ4n) is 1.49. The molecule has 0 aliphatic rings. The fraction of sp³-hybridized carbons (Fsp3) is 0.636. The van der Waals surface area contributed by atoms with Crippen molar-refractivity contribution in [1.82, 2.24) is 14.9 Å². The van der Waals surface area contributed by atoms with Crippen LogP contribution in [0.15, 0.2) is 18.7 Å². The highest BCUT2D eigenvalue weighted by molar-refractivity contribution is 5.75. The maximum absolute atomic E-state index is 11.4. The number of imidazole rings is 1. The first-order valence-electron chi connectivity index (χ1n) is 5.42. The fourth-order valence-corrected chi connectivity index (χ4v) is 1.49. The Morgan fingerprint density at radius 3 is 2.81 bits per heavy atom. The number of carbonyl (C=O) groups is 1. The van der Waals surface area contributed by atoms with Gasteiger partial charge in [0.1, 0.15) is 6.04 Å². The van der Waals surface area contributed by atoms with E-state index in [9.17, 15) is 4.79 Å². The first-order valence-corrected chi connectivity index (χ1v) is 5.42. The third-order valence-corrected chi connectivity index (χ3v) is 2.42. The van der Waals surface area contributed by atoms with E-state index >= 15 is 0 Å². The lowest BCUT2D eigenvalue weighted by Crippen LogP contribution is -2.43.